The number of carbonyl (C=O) groups excluding carboxylic acids is 1. The van der Waals surface area contributed by atoms with E-state index in [1.54, 1.807) is 18.4 Å². The molecule has 1 unspecified atom stereocenters. The van der Waals surface area contributed by atoms with Crippen molar-refractivity contribution in [2.45, 2.75) is 31.5 Å². The molecule has 1 aromatic heterocycles. The smallest absolute Gasteiger partial charge is 0.357 e. The first-order chi connectivity index (χ1) is 13.6. The minimum absolute atomic E-state index is 0.0516. The van der Waals surface area contributed by atoms with Gasteiger partial charge in [0.05, 0.1) is 24.5 Å². The Morgan fingerprint density at radius 1 is 1.38 bits per heavy atom. The SMILES string of the molecule is C=CC(=O)N1C[C@@H](C(F)(F)F)O[C@@H](c2cc(Cl)nc(C3=CC=NC(C)N3C)c2)C1. The van der Waals surface area contributed by atoms with E-state index in [-0.39, 0.29) is 17.9 Å². The summed E-state index contributed by atoms with van der Waals surface area (Å²) < 4.78 is 45.4. The van der Waals surface area contributed by atoms with Gasteiger partial charge in [-0.1, -0.05) is 18.2 Å². The average Bonchev–Trinajstić information content (AvgIpc) is 2.68. The van der Waals surface area contributed by atoms with E-state index in [0.717, 1.165) is 16.7 Å². The molecule has 1 saturated heterocycles. The van der Waals surface area contributed by atoms with Crippen molar-refractivity contribution in [3.63, 3.8) is 0 Å². The number of amides is 1. The maximum Gasteiger partial charge on any atom is 0.416 e. The van der Waals surface area contributed by atoms with Crippen LogP contribution in [0.25, 0.3) is 5.70 Å². The number of pyridine rings is 1. The molecule has 1 amide bonds. The number of rotatable bonds is 3. The monoisotopic (exact) mass is 428 g/mol. The van der Waals surface area contributed by atoms with E-state index in [0.29, 0.717) is 11.3 Å². The van der Waals surface area contributed by atoms with Crippen LogP contribution >= 0.6 is 11.6 Å². The largest absolute Gasteiger partial charge is 0.416 e. The van der Waals surface area contributed by atoms with Gasteiger partial charge in [-0.05, 0) is 36.8 Å². The number of aromatic nitrogens is 1. The molecule has 0 spiro atoms. The molecule has 1 fully saturated rings. The van der Waals surface area contributed by atoms with Crippen LogP contribution in [-0.2, 0) is 9.53 Å². The summed E-state index contributed by atoms with van der Waals surface area (Å²) in [6, 6.07) is 3.08. The number of ether oxygens (including phenoxy) is 1. The molecule has 156 valence electrons. The standard InChI is InChI=1S/C19H20ClF3N4O2/c1-4-18(28)27-9-15(29-16(10-27)19(21,22)23)12-7-13(25-17(20)8-12)14-5-6-24-11(2)26(14)3/h4-8,11,15-16H,1,9-10H2,2-3H3/t11?,15-,16+/m1/s1. The van der Waals surface area contributed by atoms with Gasteiger partial charge < -0.3 is 14.5 Å². The Morgan fingerprint density at radius 3 is 2.76 bits per heavy atom. The van der Waals surface area contributed by atoms with Crippen LogP contribution in [0.1, 0.15) is 24.3 Å². The van der Waals surface area contributed by atoms with E-state index in [1.165, 1.54) is 6.07 Å². The minimum atomic E-state index is -4.62. The zero-order valence-electron chi connectivity index (χ0n) is 15.9. The Hall–Kier alpha value is -2.39. The first-order valence-corrected chi connectivity index (χ1v) is 9.25. The number of alkyl halides is 3. The highest BCUT2D eigenvalue weighted by molar-refractivity contribution is 6.29. The van der Waals surface area contributed by atoms with Crippen LogP contribution in [0.4, 0.5) is 13.2 Å². The molecular formula is C19H20ClF3N4O2. The van der Waals surface area contributed by atoms with E-state index >= 15 is 0 Å². The van der Waals surface area contributed by atoms with Crippen LogP contribution in [0.5, 0.6) is 0 Å². The van der Waals surface area contributed by atoms with E-state index < -0.39 is 30.8 Å². The number of carbonyl (C=O) groups is 1. The second-order valence-electron chi connectivity index (χ2n) is 6.80. The Morgan fingerprint density at radius 2 is 2.10 bits per heavy atom. The van der Waals surface area contributed by atoms with Gasteiger partial charge in [-0.3, -0.25) is 9.79 Å². The molecule has 3 rings (SSSR count). The third kappa shape index (κ3) is 4.62. The molecule has 0 saturated carbocycles. The predicted octanol–water partition coefficient (Wildman–Crippen LogP) is 3.45. The summed E-state index contributed by atoms with van der Waals surface area (Å²) >= 11 is 6.16. The van der Waals surface area contributed by atoms with Crippen molar-refractivity contribution in [3.05, 3.63) is 47.3 Å². The van der Waals surface area contributed by atoms with Crippen molar-refractivity contribution < 1.29 is 22.7 Å². The van der Waals surface area contributed by atoms with Crippen LogP contribution in [0.3, 0.4) is 0 Å². The number of morpholine rings is 1. The number of nitrogens with zero attached hydrogens (tertiary/aromatic N) is 4. The molecule has 1 aromatic rings. The van der Waals surface area contributed by atoms with Gasteiger partial charge in [-0.15, -0.1) is 0 Å². The van der Waals surface area contributed by atoms with Gasteiger partial charge in [0, 0.05) is 13.3 Å². The number of halogens is 4. The Kier molecular flexibility index (Phi) is 6.00. The second-order valence-corrected chi connectivity index (χ2v) is 7.19. The molecule has 2 aliphatic rings. The third-order valence-electron chi connectivity index (χ3n) is 4.88. The summed E-state index contributed by atoms with van der Waals surface area (Å²) in [5.41, 5.74) is 1.60. The summed E-state index contributed by atoms with van der Waals surface area (Å²) in [7, 11) is 1.83. The highest BCUT2D eigenvalue weighted by Gasteiger charge is 2.47. The van der Waals surface area contributed by atoms with Crippen LogP contribution in [0.2, 0.25) is 5.15 Å². The van der Waals surface area contributed by atoms with Crippen molar-refractivity contribution in [2.75, 3.05) is 20.1 Å². The van der Waals surface area contributed by atoms with Gasteiger partial charge in [-0.2, -0.15) is 13.2 Å². The van der Waals surface area contributed by atoms with Gasteiger partial charge in [0.25, 0.3) is 0 Å². The van der Waals surface area contributed by atoms with E-state index in [2.05, 4.69) is 16.6 Å². The number of hydrogen-bond donors (Lipinski definition) is 0. The Labute approximate surface area is 171 Å². The molecule has 0 aromatic carbocycles. The second kappa shape index (κ2) is 8.16. The molecule has 6 nitrogen and oxygen atoms in total. The molecular weight excluding hydrogens is 409 g/mol. The zero-order valence-corrected chi connectivity index (χ0v) is 16.6. The van der Waals surface area contributed by atoms with Crippen molar-refractivity contribution in [1.29, 1.82) is 0 Å². The number of hydrogen-bond acceptors (Lipinski definition) is 5. The summed E-state index contributed by atoms with van der Waals surface area (Å²) in [5.74, 6) is -0.590. The average molecular weight is 429 g/mol. The van der Waals surface area contributed by atoms with Crippen LogP contribution in [0, 0.1) is 0 Å². The molecule has 0 bridgehead atoms. The fourth-order valence-electron chi connectivity index (χ4n) is 3.19. The highest BCUT2D eigenvalue weighted by atomic mass is 35.5. The molecule has 10 heteroatoms. The summed E-state index contributed by atoms with van der Waals surface area (Å²) in [4.78, 5) is 23.5. The van der Waals surface area contributed by atoms with Crippen LogP contribution in [-0.4, -0.2) is 65.5 Å². The normalized spacial score (nSPS) is 25.0. The summed E-state index contributed by atoms with van der Waals surface area (Å²) in [5, 5.41) is 0.112. The zero-order chi connectivity index (χ0) is 21.3. The first kappa shape index (κ1) is 21.3. The van der Waals surface area contributed by atoms with Gasteiger partial charge in [0.2, 0.25) is 5.91 Å². The lowest BCUT2D eigenvalue weighted by atomic mass is 10.0. The topological polar surface area (TPSA) is 58.0 Å². The van der Waals surface area contributed by atoms with Gasteiger partial charge in [0.15, 0.2) is 6.10 Å². The highest BCUT2D eigenvalue weighted by Crippen LogP contribution is 2.35. The number of allylic oxidation sites excluding steroid dienone is 1. The summed E-state index contributed by atoms with van der Waals surface area (Å²) in [6.07, 6.45) is -3.48. The minimum Gasteiger partial charge on any atom is -0.357 e. The molecule has 0 N–H and O–H groups in total. The van der Waals surface area contributed by atoms with Gasteiger partial charge >= 0.3 is 6.18 Å². The maximum atomic E-state index is 13.4. The van der Waals surface area contributed by atoms with Crippen molar-refractivity contribution in [2.24, 2.45) is 4.99 Å². The molecule has 3 heterocycles. The lowest BCUT2D eigenvalue weighted by molar-refractivity contribution is -0.253. The van der Waals surface area contributed by atoms with Crippen molar-refractivity contribution in [3.8, 4) is 0 Å². The van der Waals surface area contributed by atoms with Gasteiger partial charge in [0.1, 0.15) is 17.4 Å². The molecule has 0 aliphatic carbocycles. The van der Waals surface area contributed by atoms with E-state index in [9.17, 15) is 18.0 Å². The maximum absolute atomic E-state index is 13.4. The lowest BCUT2D eigenvalue weighted by Gasteiger charge is -2.38. The fourth-order valence-corrected chi connectivity index (χ4v) is 3.41. The molecule has 29 heavy (non-hydrogen) atoms. The Bertz CT molecular complexity index is 872. The summed E-state index contributed by atoms with van der Waals surface area (Å²) in [6.45, 7) is 4.61. The molecule has 3 atom stereocenters. The predicted molar refractivity (Wildman–Crippen MR) is 103 cm³/mol. The van der Waals surface area contributed by atoms with E-state index in [1.807, 2.05) is 18.9 Å². The lowest BCUT2D eigenvalue weighted by Crippen LogP contribution is -2.51. The van der Waals surface area contributed by atoms with Crippen LogP contribution in [0.15, 0.2) is 35.9 Å². The van der Waals surface area contributed by atoms with E-state index in [4.69, 9.17) is 16.3 Å². The fraction of sp³-hybridized carbons (Fsp3) is 0.421. The van der Waals surface area contributed by atoms with Crippen molar-refractivity contribution >= 4 is 29.4 Å². The first-order valence-electron chi connectivity index (χ1n) is 8.87. The molecule has 0 radical (unpaired) electrons. The Balaban J connectivity index is 1.97. The quantitative estimate of drug-likeness (QED) is 0.546. The third-order valence-corrected chi connectivity index (χ3v) is 5.07. The van der Waals surface area contributed by atoms with Gasteiger partial charge in [-0.25, -0.2) is 4.98 Å². The molecule has 2 aliphatic heterocycles. The van der Waals surface area contributed by atoms with Crippen molar-refractivity contribution in [1.82, 2.24) is 14.8 Å². The van der Waals surface area contributed by atoms with Crippen LogP contribution < -0.4 is 0 Å². The number of aliphatic imine (C=N–C) groups is 1.